The van der Waals surface area contributed by atoms with Crippen LogP contribution in [0.4, 0.5) is 0 Å². The van der Waals surface area contributed by atoms with Crippen molar-refractivity contribution in [2.75, 3.05) is 6.61 Å². The Kier molecular flexibility index (Phi) is 5.14. The number of aliphatic hydroxyl groups excluding tert-OH is 1. The molecule has 1 aliphatic carbocycles. The molecule has 1 amide bonds. The summed E-state index contributed by atoms with van der Waals surface area (Å²) >= 11 is 0. The minimum Gasteiger partial charge on any atom is -0.481 e. The Hall–Kier alpha value is -1.10. The largest absolute Gasteiger partial charge is 0.481 e. The van der Waals surface area contributed by atoms with E-state index >= 15 is 0 Å². The second kappa shape index (κ2) is 6.18. The molecule has 0 saturated heterocycles. The maximum atomic E-state index is 12.1. The fourth-order valence-electron chi connectivity index (χ4n) is 2.51. The lowest BCUT2D eigenvalue weighted by molar-refractivity contribution is -0.149. The Bertz CT molecular complexity index is 314. The number of aliphatic carboxylic acids is 1. The van der Waals surface area contributed by atoms with E-state index in [1.54, 1.807) is 0 Å². The molecule has 2 unspecified atom stereocenters. The van der Waals surface area contributed by atoms with Crippen LogP contribution in [0.1, 0.15) is 46.0 Å². The van der Waals surface area contributed by atoms with Gasteiger partial charge >= 0.3 is 5.97 Å². The zero-order valence-electron chi connectivity index (χ0n) is 11.1. The molecule has 3 N–H and O–H groups in total. The summed E-state index contributed by atoms with van der Waals surface area (Å²) in [7, 11) is 0. The lowest BCUT2D eigenvalue weighted by Crippen LogP contribution is -2.49. The fraction of sp³-hybridized carbons (Fsp3) is 0.846. The van der Waals surface area contributed by atoms with Crippen LogP contribution in [0.3, 0.4) is 0 Å². The number of aliphatic hydroxyl groups is 1. The van der Waals surface area contributed by atoms with E-state index in [0.717, 1.165) is 12.8 Å². The maximum absolute atomic E-state index is 12.1. The van der Waals surface area contributed by atoms with Gasteiger partial charge < -0.3 is 15.5 Å². The average Bonchev–Trinajstić information content (AvgIpc) is 2.28. The minimum atomic E-state index is -0.880. The third-order valence-corrected chi connectivity index (χ3v) is 3.62. The first-order valence-corrected chi connectivity index (χ1v) is 6.53. The molecule has 5 heteroatoms. The van der Waals surface area contributed by atoms with Gasteiger partial charge in [0.25, 0.3) is 0 Å². The van der Waals surface area contributed by atoms with Gasteiger partial charge in [0.05, 0.1) is 11.8 Å². The highest BCUT2D eigenvalue weighted by molar-refractivity contribution is 5.85. The van der Waals surface area contributed by atoms with Gasteiger partial charge in [0.2, 0.25) is 5.91 Å². The Balaban J connectivity index is 2.66. The van der Waals surface area contributed by atoms with E-state index in [9.17, 15) is 9.59 Å². The van der Waals surface area contributed by atoms with Gasteiger partial charge in [-0.2, -0.15) is 0 Å². The number of carbonyl (C=O) groups is 2. The molecule has 1 saturated carbocycles. The topological polar surface area (TPSA) is 86.6 Å². The third-order valence-electron chi connectivity index (χ3n) is 3.62. The number of carbonyl (C=O) groups excluding carboxylic acids is 1. The van der Waals surface area contributed by atoms with E-state index in [1.165, 1.54) is 0 Å². The van der Waals surface area contributed by atoms with E-state index in [0.29, 0.717) is 19.3 Å². The van der Waals surface area contributed by atoms with Crippen LogP contribution in [0.25, 0.3) is 0 Å². The van der Waals surface area contributed by atoms with Gasteiger partial charge in [0.15, 0.2) is 0 Å². The molecular weight excluding hydrogens is 234 g/mol. The maximum Gasteiger partial charge on any atom is 0.307 e. The van der Waals surface area contributed by atoms with Crippen molar-refractivity contribution < 1.29 is 19.8 Å². The first-order chi connectivity index (χ1) is 8.37. The van der Waals surface area contributed by atoms with Crippen molar-refractivity contribution in [3.63, 3.8) is 0 Å². The highest BCUT2D eigenvalue weighted by Gasteiger charge is 2.37. The van der Waals surface area contributed by atoms with E-state index in [1.807, 2.05) is 13.8 Å². The summed E-state index contributed by atoms with van der Waals surface area (Å²) in [4.78, 5) is 23.3. The number of carboxylic acid groups (broad SMARTS) is 1. The van der Waals surface area contributed by atoms with Crippen molar-refractivity contribution in [1.29, 1.82) is 0 Å². The lowest BCUT2D eigenvalue weighted by Gasteiger charge is -2.32. The summed E-state index contributed by atoms with van der Waals surface area (Å²) < 4.78 is 0. The molecule has 1 aliphatic rings. The Morgan fingerprint density at radius 1 is 1.22 bits per heavy atom. The van der Waals surface area contributed by atoms with Crippen LogP contribution in [0.15, 0.2) is 0 Å². The lowest BCUT2D eigenvalue weighted by atomic mass is 9.78. The average molecular weight is 257 g/mol. The second-order valence-corrected chi connectivity index (χ2v) is 5.68. The molecule has 5 nitrogen and oxygen atoms in total. The first-order valence-electron chi connectivity index (χ1n) is 6.53. The first kappa shape index (κ1) is 15.0. The number of carboxylic acids is 1. The van der Waals surface area contributed by atoms with Crippen LogP contribution in [0.2, 0.25) is 0 Å². The Morgan fingerprint density at radius 2 is 1.78 bits per heavy atom. The molecule has 0 aromatic carbocycles. The summed E-state index contributed by atoms with van der Waals surface area (Å²) in [6, 6.07) is 0. The van der Waals surface area contributed by atoms with Gasteiger partial charge in [0, 0.05) is 12.1 Å². The van der Waals surface area contributed by atoms with Crippen molar-refractivity contribution in [2.45, 2.75) is 51.5 Å². The van der Waals surface area contributed by atoms with Gasteiger partial charge in [-0.25, -0.2) is 0 Å². The Morgan fingerprint density at radius 3 is 2.28 bits per heavy atom. The molecule has 1 fully saturated rings. The molecule has 1 rings (SSSR count). The third kappa shape index (κ3) is 3.98. The zero-order chi connectivity index (χ0) is 13.8. The van der Waals surface area contributed by atoms with Crippen molar-refractivity contribution in [3.05, 3.63) is 0 Å². The normalized spacial score (nSPS) is 24.6. The molecular formula is C13H23NO4. The monoisotopic (exact) mass is 257 g/mol. The molecule has 0 radical (unpaired) electrons. The molecule has 0 aromatic heterocycles. The molecule has 2 atom stereocenters. The molecule has 0 aromatic rings. The predicted molar refractivity (Wildman–Crippen MR) is 67.0 cm³/mol. The van der Waals surface area contributed by atoms with E-state index in [4.69, 9.17) is 10.2 Å². The summed E-state index contributed by atoms with van der Waals surface area (Å²) in [5.41, 5.74) is -0.494. The molecule has 0 spiro atoms. The van der Waals surface area contributed by atoms with E-state index in [-0.39, 0.29) is 12.5 Å². The molecule has 0 bridgehead atoms. The van der Waals surface area contributed by atoms with Gasteiger partial charge in [-0.05, 0) is 33.1 Å². The summed E-state index contributed by atoms with van der Waals surface area (Å²) in [5, 5.41) is 20.9. The van der Waals surface area contributed by atoms with Gasteiger partial charge in [-0.1, -0.05) is 12.8 Å². The predicted octanol–water partition coefficient (Wildman–Crippen LogP) is 1.15. The van der Waals surface area contributed by atoms with E-state index < -0.39 is 23.3 Å². The highest BCUT2D eigenvalue weighted by atomic mass is 16.4. The quantitative estimate of drug-likeness (QED) is 0.689. The van der Waals surface area contributed by atoms with E-state index in [2.05, 4.69) is 5.32 Å². The van der Waals surface area contributed by atoms with Gasteiger partial charge in [-0.3, -0.25) is 9.59 Å². The smallest absolute Gasteiger partial charge is 0.307 e. The van der Waals surface area contributed by atoms with Crippen LogP contribution in [-0.2, 0) is 9.59 Å². The van der Waals surface area contributed by atoms with Crippen LogP contribution < -0.4 is 5.32 Å². The molecule has 104 valence electrons. The van der Waals surface area contributed by atoms with Crippen LogP contribution in [-0.4, -0.2) is 34.2 Å². The minimum absolute atomic E-state index is 0.000303. The zero-order valence-corrected chi connectivity index (χ0v) is 11.1. The Labute approximate surface area is 108 Å². The number of nitrogens with one attached hydrogen (secondary N) is 1. The standard InChI is InChI=1S/C13H23NO4/c1-13(2,7-8-15)14-11(16)9-5-3-4-6-10(9)12(17)18/h9-10,15H,3-8H2,1-2H3,(H,14,16)(H,17,18). The number of hydrogen-bond acceptors (Lipinski definition) is 3. The summed E-state index contributed by atoms with van der Waals surface area (Å²) in [6.45, 7) is 3.67. The van der Waals surface area contributed by atoms with Crippen molar-refractivity contribution >= 4 is 11.9 Å². The second-order valence-electron chi connectivity index (χ2n) is 5.68. The van der Waals surface area contributed by atoms with Crippen molar-refractivity contribution in [3.8, 4) is 0 Å². The molecule has 0 aliphatic heterocycles. The van der Waals surface area contributed by atoms with Crippen LogP contribution >= 0.6 is 0 Å². The van der Waals surface area contributed by atoms with Gasteiger partial charge in [-0.15, -0.1) is 0 Å². The summed E-state index contributed by atoms with van der Waals surface area (Å²) in [6.07, 6.45) is 3.46. The number of hydrogen-bond donors (Lipinski definition) is 3. The highest BCUT2D eigenvalue weighted by Crippen LogP contribution is 2.31. The van der Waals surface area contributed by atoms with Crippen molar-refractivity contribution in [2.24, 2.45) is 11.8 Å². The van der Waals surface area contributed by atoms with Crippen LogP contribution in [0.5, 0.6) is 0 Å². The van der Waals surface area contributed by atoms with Crippen LogP contribution in [0, 0.1) is 11.8 Å². The molecule has 0 heterocycles. The number of rotatable bonds is 5. The number of amides is 1. The summed E-state index contributed by atoms with van der Waals surface area (Å²) in [5.74, 6) is -2.08. The SMILES string of the molecule is CC(C)(CCO)NC(=O)C1CCCCC1C(=O)O. The van der Waals surface area contributed by atoms with Crippen molar-refractivity contribution in [1.82, 2.24) is 5.32 Å². The van der Waals surface area contributed by atoms with Gasteiger partial charge in [0.1, 0.15) is 0 Å². The molecule has 18 heavy (non-hydrogen) atoms. The fourth-order valence-corrected chi connectivity index (χ4v) is 2.51.